The lowest BCUT2D eigenvalue weighted by atomic mass is 10.4. The molecule has 5 nitrogen and oxygen atoms in total. The second-order valence-electron chi connectivity index (χ2n) is 2.92. The predicted octanol–water partition coefficient (Wildman–Crippen LogP) is 0.251. The van der Waals surface area contributed by atoms with Crippen LogP contribution in [0.15, 0.2) is 18.3 Å². The molecule has 0 amide bonds. The largest absolute Gasteiger partial charge is 0.399 e. The van der Waals surface area contributed by atoms with Gasteiger partial charge in [0, 0.05) is 38.6 Å². The highest BCUT2D eigenvalue weighted by molar-refractivity contribution is 5.49. The second kappa shape index (κ2) is 5.41. The highest BCUT2D eigenvalue weighted by Crippen LogP contribution is 2.11. The molecule has 5 heteroatoms. The number of rotatable bonds is 5. The number of aromatic nitrogens is 1. The molecule has 0 saturated carbocycles. The first kappa shape index (κ1) is 10.7. The van der Waals surface area contributed by atoms with Crippen LogP contribution in [0.5, 0.6) is 0 Å². The van der Waals surface area contributed by atoms with Crippen molar-refractivity contribution < 1.29 is 4.84 Å². The molecule has 1 rings (SSSR count). The first-order valence-corrected chi connectivity index (χ1v) is 4.45. The van der Waals surface area contributed by atoms with Crippen molar-refractivity contribution in [1.29, 1.82) is 0 Å². The van der Waals surface area contributed by atoms with E-state index in [9.17, 15) is 0 Å². The number of hydrogen-bond donors (Lipinski definition) is 2. The van der Waals surface area contributed by atoms with Crippen molar-refractivity contribution in [3.05, 3.63) is 18.3 Å². The van der Waals surface area contributed by atoms with Crippen molar-refractivity contribution in [2.24, 2.45) is 0 Å². The van der Waals surface area contributed by atoms with E-state index in [4.69, 9.17) is 10.6 Å². The van der Waals surface area contributed by atoms with Gasteiger partial charge in [0.05, 0.1) is 6.61 Å². The number of anilines is 2. The Kier molecular flexibility index (Phi) is 4.15. The third-order valence-corrected chi connectivity index (χ3v) is 1.83. The van der Waals surface area contributed by atoms with Crippen LogP contribution < -0.4 is 16.1 Å². The van der Waals surface area contributed by atoms with Gasteiger partial charge in [-0.2, -0.15) is 0 Å². The molecule has 1 heterocycles. The van der Waals surface area contributed by atoms with E-state index < -0.39 is 0 Å². The number of hydroxylamine groups is 1. The van der Waals surface area contributed by atoms with Gasteiger partial charge in [0.25, 0.3) is 0 Å². The van der Waals surface area contributed by atoms with Crippen LogP contribution in [0.3, 0.4) is 0 Å². The van der Waals surface area contributed by atoms with Crippen LogP contribution in [0, 0.1) is 0 Å². The molecule has 1 aromatic rings. The van der Waals surface area contributed by atoms with Gasteiger partial charge in [-0.3, -0.25) is 0 Å². The number of hydrogen-bond acceptors (Lipinski definition) is 5. The fraction of sp³-hybridized carbons (Fsp3) is 0.444. The van der Waals surface area contributed by atoms with E-state index in [0.717, 1.165) is 18.1 Å². The second-order valence-corrected chi connectivity index (χ2v) is 2.92. The molecule has 0 fully saturated rings. The van der Waals surface area contributed by atoms with E-state index in [1.165, 1.54) is 0 Å². The maximum atomic E-state index is 5.64. The molecule has 3 N–H and O–H groups in total. The van der Waals surface area contributed by atoms with Crippen molar-refractivity contribution in [3.63, 3.8) is 0 Å². The average molecular weight is 196 g/mol. The Labute approximate surface area is 83.8 Å². The fourth-order valence-corrected chi connectivity index (χ4v) is 1.04. The summed E-state index contributed by atoms with van der Waals surface area (Å²) in [5.74, 6) is 0.852. The van der Waals surface area contributed by atoms with Gasteiger partial charge in [-0.15, -0.1) is 0 Å². The maximum absolute atomic E-state index is 5.64. The Hall–Kier alpha value is -1.33. The van der Waals surface area contributed by atoms with Crippen molar-refractivity contribution in [2.75, 3.05) is 37.9 Å². The molecule has 0 aliphatic carbocycles. The van der Waals surface area contributed by atoms with Crippen LogP contribution in [-0.2, 0) is 4.84 Å². The van der Waals surface area contributed by atoms with E-state index in [2.05, 4.69) is 10.5 Å². The average Bonchev–Trinajstić information content (AvgIpc) is 2.18. The summed E-state index contributed by atoms with van der Waals surface area (Å²) >= 11 is 0. The first-order valence-electron chi connectivity index (χ1n) is 4.45. The van der Waals surface area contributed by atoms with Crippen LogP contribution >= 0.6 is 0 Å². The Balaban J connectivity index is 2.47. The SMILES string of the molecule is CNOCCN(C)c1cc(N)ccn1. The first-order chi connectivity index (χ1) is 6.74. The van der Waals surface area contributed by atoms with E-state index in [0.29, 0.717) is 6.61 Å². The summed E-state index contributed by atoms with van der Waals surface area (Å²) in [5.41, 5.74) is 8.97. The molecule has 0 bridgehead atoms. The van der Waals surface area contributed by atoms with Crippen molar-refractivity contribution >= 4 is 11.5 Å². The summed E-state index contributed by atoms with van der Waals surface area (Å²) < 4.78 is 0. The van der Waals surface area contributed by atoms with Gasteiger partial charge in [0.1, 0.15) is 5.82 Å². The molecule has 78 valence electrons. The summed E-state index contributed by atoms with van der Waals surface area (Å²) in [7, 11) is 3.68. The number of nitrogen functional groups attached to an aromatic ring is 1. The number of nitrogens with one attached hydrogen (secondary N) is 1. The molecule has 1 aromatic heterocycles. The minimum atomic E-state index is 0.601. The van der Waals surface area contributed by atoms with Gasteiger partial charge in [0.15, 0.2) is 0 Å². The standard InChI is InChI=1S/C9H16N4O/c1-11-14-6-5-13(2)9-7-8(10)3-4-12-9/h3-4,7,11H,5-6H2,1-2H3,(H2,10,12). The minimum absolute atomic E-state index is 0.601. The van der Waals surface area contributed by atoms with Crippen LogP contribution in [-0.4, -0.2) is 32.2 Å². The lowest BCUT2D eigenvalue weighted by Gasteiger charge is -2.17. The molecule has 0 unspecified atom stereocenters. The third-order valence-electron chi connectivity index (χ3n) is 1.83. The van der Waals surface area contributed by atoms with Crippen molar-refractivity contribution in [2.45, 2.75) is 0 Å². The van der Waals surface area contributed by atoms with Gasteiger partial charge in [0.2, 0.25) is 0 Å². The zero-order valence-corrected chi connectivity index (χ0v) is 8.53. The summed E-state index contributed by atoms with van der Waals surface area (Å²) in [4.78, 5) is 11.2. The molecule has 14 heavy (non-hydrogen) atoms. The maximum Gasteiger partial charge on any atom is 0.130 e. The van der Waals surface area contributed by atoms with E-state index >= 15 is 0 Å². The monoisotopic (exact) mass is 196 g/mol. The summed E-state index contributed by atoms with van der Waals surface area (Å²) in [6, 6.07) is 3.60. The molecular weight excluding hydrogens is 180 g/mol. The van der Waals surface area contributed by atoms with Crippen molar-refractivity contribution in [1.82, 2.24) is 10.5 Å². The summed E-state index contributed by atoms with van der Waals surface area (Å²) in [6.45, 7) is 1.36. The molecule has 0 atom stereocenters. The molecule has 0 aliphatic heterocycles. The number of likely N-dealkylation sites (N-methyl/N-ethyl adjacent to an activating group) is 1. The highest BCUT2D eigenvalue weighted by Gasteiger charge is 2.01. The van der Waals surface area contributed by atoms with Crippen LogP contribution in [0.4, 0.5) is 11.5 Å². The topological polar surface area (TPSA) is 63.4 Å². The smallest absolute Gasteiger partial charge is 0.130 e. The van der Waals surface area contributed by atoms with E-state index in [-0.39, 0.29) is 0 Å². The number of nitrogens with two attached hydrogens (primary N) is 1. The van der Waals surface area contributed by atoms with Crippen LogP contribution in [0.25, 0.3) is 0 Å². The zero-order chi connectivity index (χ0) is 10.4. The van der Waals surface area contributed by atoms with E-state index in [1.807, 2.05) is 18.0 Å². The Morgan fingerprint density at radius 1 is 1.64 bits per heavy atom. The lowest BCUT2D eigenvalue weighted by Crippen LogP contribution is -2.25. The molecule has 0 aromatic carbocycles. The number of nitrogens with zero attached hydrogens (tertiary/aromatic N) is 2. The Morgan fingerprint density at radius 2 is 2.43 bits per heavy atom. The van der Waals surface area contributed by atoms with E-state index in [1.54, 1.807) is 19.3 Å². The molecular formula is C9H16N4O. The quantitative estimate of drug-likeness (QED) is 0.522. The third kappa shape index (κ3) is 3.20. The van der Waals surface area contributed by atoms with Gasteiger partial charge in [-0.25, -0.2) is 10.5 Å². The molecule has 0 aliphatic rings. The number of pyridine rings is 1. The van der Waals surface area contributed by atoms with Gasteiger partial charge in [-0.05, 0) is 6.07 Å². The summed E-state index contributed by atoms with van der Waals surface area (Å²) in [5, 5.41) is 0. The van der Waals surface area contributed by atoms with Crippen LogP contribution in [0.1, 0.15) is 0 Å². The van der Waals surface area contributed by atoms with Crippen LogP contribution in [0.2, 0.25) is 0 Å². The predicted molar refractivity (Wildman–Crippen MR) is 56.9 cm³/mol. The molecule has 0 radical (unpaired) electrons. The van der Waals surface area contributed by atoms with Gasteiger partial charge < -0.3 is 15.5 Å². The fourth-order valence-electron chi connectivity index (χ4n) is 1.04. The molecule has 0 spiro atoms. The normalized spacial score (nSPS) is 10.1. The summed E-state index contributed by atoms with van der Waals surface area (Å²) in [6.07, 6.45) is 1.69. The zero-order valence-electron chi connectivity index (χ0n) is 8.53. The van der Waals surface area contributed by atoms with Crippen molar-refractivity contribution in [3.8, 4) is 0 Å². The minimum Gasteiger partial charge on any atom is -0.399 e. The van der Waals surface area contributed by atoms with Gasteiger partial charge >= 0.3 is 0 Å². The Morgan fingerprint density at radius 3 is 3.07 bits per heavy atom. The molecule has 0 saturated heterocycles. The van der Waals surface area contributed by atoms with Gasteiger partial charge in [-0.1, -0.05) is 0 Å². The highest BCUT2D eigenvalue weighted by atomic mass is 16.6. The Bertz CT molecular complexity index is 279. The lowest BCUT2D eigenvalue weighted by molar-refractivity contribution is 0.0635.